The van der Waals surface area contributed by atoms with E-state index in [4.69, 9.17) is 9.47 Å². The average Bonchev–Trinajstić information content (AvgIpc) is 2.78. The second-order valence-corrected chi connectivity index (χ2v) is 6.59. The first kappa shape index (κ1) is 14.3. The zero-order valence-electron chi connectivity index (χ0n) is 12.0. The summed E-state index contributed by atoms with van der Waals surface area (Å²) in [6.07, 6.45) is 5.04. The van der Waals surface area contributed by atoms with E-state index in [2.05, 4.69) is 19.2 Å². The number of hydrogen-bond donors (Lipinski definition) is 1. The van der Waals surface area contributed by atoms with E-state index in [-0.39, 0.29) is 0 Å². The van der Waals surface area contributed by atoms with Crippen molar-refractivity contribution in [2.45, 2.75) is 39.5 Å². The van der Waals surface area contributed by atoms with E-state index in [1.165, 1.54) is 25.7 Å². The molecule has 2 fully saturated rings. The molecule has 106 valence electrons. The van der Waals surface area contributed by atoms with Crippen molar-refractivity contribution in [2.75, 3.05) is 39.5 Å². The highest BCUT2D eigenvalue weighted by Crippen LogP contribution is 2.37. The summed E-state index contributed by atoms with van der Waals surface area (Å²) in [7, 11) is 0. The lowest BCUT2D eigenvalue weighted by atomic mass is 9.76. The van der Waals surface area contributed by atoms with Crippen molar-refractivity contribution in [1.29, 1.82) is 0 Å². The number of rotatable bonds is 6. The van der Waals surface area contributed by atoms with Crippen molar-refractivity contribution < 1.29 is 9.47 Å². The van der Waals surface area contributed by atoms with Crippen molar-refractivity contribution in [3.05, 3.63) is 0 Å². The van der Waals surface area contributed by atoms with E-state index in [0.717, 1.165) is 51.4 Å². The Bertz CT molecular complexity index is 231. The highest BCUT2D eigenvalue weighted by Gasteiger charge is 2.37. The van der Waals surface area contributed by atoms with E-state index >= 15 is 0 Å². The Kier molecular flexibility index (Phi) is 5.46. The van der Waals surface area contributed by atoms with Gasteiger partial charge in [0.05, 0.1) is 6.61 Å². The Morgan fingerprint density at radius 3 is 2.56 bits per heavy atom. The summed E-state index contributed by atoms with van der Waals surface area (Å²) in [4.78, 5) is 0. The van der Waals surface area contributed by atoms with Gasteiger partial charge in [0.25, 0.3) is 0 Å². The minimum absolute atomic E-state index is 0.400. The van der Waals surface area contributed by atoms with Crippen molar-refractivity contribution >= 4 is 0 Å². The van der Waals surface area contributed by atoms with Crippen LogP contribution in [-0.4, -0.2) is 39.5 Å². The van der Waals surface area contributed by atoms with Crippen LogP contribution in [0.15, 0.2) is 0 Å². The van der Waals surface area contributed by atoms with Gasteiger partial charge in [0.1, 0.15) is 0 Å². The van der Waals surface area contributed by atoms with Crippen LogP contribution in [-0.2, 0) is 9.47 Å². The predicted molar refractivity (Wildman–Crippen MR) is 73.7 cm³/mol. The third kappa shape index (κ3) is 4.22. The molecule has 1 unspecified atom stereocenters. The smallest absolute Gasteiger partial charge is 0.0535 e. The molecule has 2 aliphatic heterocycles. The van der Waals surface area contributed by atoms with Crippen LogP contribution in [0.25, 0.3) is 0 Å². The molecule has 0 aromatic rings. The van der Waals surface area contributed by atoms with E-state index in [0.29, 0.717) is 5.41 Å². The van der Waals surface area contributed by atoms with Crippen molar-refractivity contribution in [2.24, 2.45) is 17.3 Å². The van der Waals surface area contributed by atoms with E-state index in [1.54, 1.807) is 0 Å². The van der Waals surface area contributed by atoms with Crippen LogP contribution in [0.2, 0.25) is 0 Å². The maximum absolute atomic E-state index is 5.69. The molecule has 2 heterocycles. The molecule has 1 N–H and O–H groups in total. The van der Waals surface area contributed by atoms with Gasteiger partial charge in [-0.2, -0.15) is 0 Å². The molecule has 2 rings (SSSR count). The normalized spacial score (nSPS) is 30.2. The molecule has 2 saturated heterocycles. The fourth-order valence-corrected chi connectivity index (χ4v) is 3.21. The lowest BCUT2D eigenvalue weighted by molar-refractivity contribution is 0.0425. The summed E-state index contributed by atoms with van der Waals surface area (Å²) < 4.78 is 11.2. The Labute approximate surface area is 112 Å². The zero-order chi connectivity index (χ0) is 12.8. The summed E-state index contributed by atoms with van der Waals surface area (Å²) in [5, 5.41) is 3.65. The first-order valence-corrected chi connectivity index (χ1v) is 7.56. The fourth-order valence-electron chi connectivity index (χ4n) is 3.21. The number of ether oxygens (including phenoxy) is 2. The minimum atomic E-state index is 0.400. The van der Waals surface area contributed by atoms with Crippen LogP contribution in [0.3, 0.4) is 0 Å². The molecule has 0 aromatic carbocycles. The van der Waals surface area contributed by atoms with Gasteiger partial charge in [-0.3, -0.25) is 0 Å². The zero-order valence-corrected chi connectivity index (χ0v) is 12.0. The largest absolute Gasteiger partial charge is 0.381 e. The molecule has 3 heteroatoms. The van der Waals surface area contributed by atoms with Crippen LogP contribution in [0.5, 0.6) is 0 Å². The average molecular weight is 255 g/mol. The molecule has 18 heavy (non-hydrogen) atoms. The van der Waals surface area contributed by atoms with Gasteiger partial charge in [-0.1, -0.05) is 13.8 Å². The van der Waals surface area contributed by atoms with Crippen LogP contribution in [0.4, 0.5) is 0 Å². The summed E-state index contributed by atoms with van der Waals surface area (Å²) in [6, 6.07) is 0. The quantitative estimate of drug-likeness (QED) is 0.791. The Morgan fingerprint density at radius 1 is 1.17 bits per heavy atom. The second kappa shape index (κ2) is 6.88. The van der Waals surface area contributed by atoms with Crippen LogP contribution in [0.1, 0.15) is 39.5 Å². The molecule has 0 aromatic heterocycles. The third-order valence-electron chi connectivity index (χ3n) is 4.30. The summed E-state index contributed by atoms with van der Waals surface area (Å²) in [5.41, 5.74) is 0.400. The Hall–Kier alpha value is -0.120. The van der Waals surface area contributed by atoms with Gasteiger partial charge in [0.2, 0.25) is 0 Å². The van der Waals surface area contributed by atoms with Crippen LogP contribution < -0.4 is 5.32 Å². The van der Waals surface area contributed by atoms with Gasteiger partial charge >= 0.3 is 0 Å². The monoisotopic (exact) mass is 255 g/mol. The first-order chi connectivity index (χ1) is 8.70. The predicted octanol–water partition coefficient (Wildman–Crippen LogP) is 2.46. The summed E-state index contributed by atoms with van der Waals surface area (Å²) in [6.45, 7) is 10.6. The topological polar surface area (TPSA) is 30.5 Å². The molecule has 0 spiro atoms. The van der Waals surface area contributed by atoms with E-state index < -0.39 is 0 Å². The standard InChI is InChI=1S/C15H29NO2/c1-13(2)10-16-11-15(5-8-18-12-15)9-14-3-6-17-7-4-14/h13-14,16H,3-12H2,1-2H3. The maximum Gasteiger partial charge on any atom is 0.0535 e. The molecule has 0 bridgehead atoms. The highest BCUT2D eigenvalue weighted by atomic mass is 16.5. The summed E-state index contributed by atoms with van der Waals surface area (Å²) >= 11 is 0. The highest BCUT2D eigenvalue weighted by molar-refractivity contribution is 4.88. The first-order valence-electron chi connectivity index (χ1n) is 7.56. The lowest BCUT2D eigenvalue weighted by Gasteiger charge is -2.34. The molecule has 2 aliphatic rings. The van der Waals surface area contributed by atoms with Gasteiger partial charge in [0.15, 0.2) is 0 Å². The van der Waals surface area contributed by atoms with Crippen molar-refractivity contribution in [3.8, 4) is 0 Å². The molecule has 1 atom stereocenters. The van der Waals surface area contributed by atoms with Crippen LogP contribution >= 0.6 is 0 Å². The van der Waals surface area contributed by atoms with Gasteiger partial charge in [-0.05, 0) is 44.1 Å². The van der Waals surface area contributed by atoms with Crippen molar-refractivity contribution in [3.63, 3.8) is 0 Å². The molecule has 0 saturated carbocycles. The molecule has 3 nitrogen and oxygen atoms in total. The van der Waals surface area contributed by atoms with Gasteiger partial charge in [-0.15, -0.1) is 0 Å². The van der Waals surface area contributed by atoms with Gasteiger partial charge in [-0.25, -0.2) is 0 Å². The third-order valence-corrected chi connectivity index (χ3v) is 4.30. The SMILES string of the molecule is CC(C)CNCC1(CC2CCOCC2)CCOC1. The van der Waals surface area contributed by atoms with E-state index in [9.17, 15) is 0 Å². The fraction of sp³-hybridized carbons (Fsp3) is 1.00. The van der Waals surface area contributed by atoms with E-state index in [1.807, 2.05) is 0 Å². The molecular formula is C15H29NO2. The summed E-state index contributed by atoms with van der Waals surface area (Å²) in [5.74, 6) is 1.58. The second-order valence-electron chi connectivity index (χ2n) is 6.59. The lowest BCUT2D eigenvalue weighted by Crippen LogP contribution is -2.38. The molecule has 0 radical (unpaired) electrons. The van der Waals surface area contributed by atoms with Gasteiger partial charge in [0, 0.05) is 31.8 Å². The Morgan fingerprint density at radius 2 is 1.94 bits per heavy atom. The maximum atomic E-state index is 5.69. The van der Waals surface area contributed by atoms with Gasteiger partial charge < -0.3 is 14.8 Å². The van der Waals surface area contributed by atoms with Crippen LogP contribution in [0, 0.1) is 17.3 Å². The molecular weight excluding hydrogens is 226 g/mol. The Balaban J connectivity index is 1.81. The number of hydrogen-bond acceptors (Lipinski definition) is 3. The molecule has 0 aliphatic carbocycles. The minimum Gasteiger partial charge on any atom is -0.381 e. The molecule has 0 amide bonds. The number of nitrogens with one attached hydrogen (secondary N) is 1. The van der Waals surface area contributed by atoms with Crippen molar-refractivity contribution in [1.82, 2.24) is 5.32 Å².